The van der Waals surface area contributed by atoms with Crippen molar-refractivity contribution in [2.24, 2.45) is 7.05 Å². The molecule has 0 aromatic carbocycles. The van der Waals surface area contributed by atoms with Crippen molar-refractivity contribution in [2.45, 2.75) is 18.7 Å². The van der Waals surface area contributed by atoms with Gasteiger partial charge in [0.1, 0.15) is 0 Å². The SMILES string of the molecule is Cc1cc(CC2=CC(Cl)CNC2)n(C)n1. The fraction of sp³-hybridized carbons (Fsp3) is 0.545. The average molecular weight is 226 g/mol. The molecule has 82 valence electrons. The third-order valence-electron chi connectivity index (χ3n) is 2.62. The lowest BCUT2D eigenvalue weighted by molar-refractivity contribution is 0.670. The lowest BCUT2D eigenvalue weighted by Gasteiger charge is -2.17. The van der Waals surface area contributed by atoms with Gasteiger partial charge in [-0.2, -0.15) is 5.10 Å². The molecule has 2 heterocycles. The molecule has 1 N–H and O–H groups in total. The monoisotopic (exact) mass is 225 g/mol. The van der Waals surface area contributed by atoms with E-state index in [0.29, 0.717) is 0 Å². The summed E-state index contributed by atoms with van der Waals surface area (Å²) in [5.41, 5.74) is 3.66. The highest BCUT2D eigenvalue weighted by Crippen LogP contribution is 2.13. The van der Waals surface area contributed by atoms with E-state index >= 15 is 0 Å². The van der Waals surface area contributed by atoms with E-state index in [2.05, 4.69) is 22.6 Å². The minimum atomic E-state index is 0.128. The van der Waals surface area contributed by atoms with Gasteiger partial charge in [-0.05, 0) is 13.0 Å². The molecule has 0 spiro atoms. The molecule has 0 radical (unpaired) electrons. The Bertz CT molecular complexity index is 381. The quantitative estimate of drug-likeness (QED) is 0.609. The maximum atomic E-state index is 6.06. The van der Waals surface area contributed by atoms with E-state index in [9.17, 15) is 0 Å². The van der Waals surface area contributed by atoms with Gasteiger partial charge in [0.05, 0.1) is 11.1 Å². The summed E-state index contributed by atoms with van der Waals surface area (Å²) < 4.78 is 1.94. The molecular formula is C11H16ClN3. The van der Waals surface area contributed by atoms with E-state index in [1.165, 1.54) is 11.3 Å². The van der Waals surface area contributed by atoms with Crippen molar-refractivity contribution in [3.05, 3.63) is 29.1 Å². The molecule has 1 atom stereocenters. The van der Waals surface area contributed by atoms with Crippen molar-refractivity contribution in [1.82, 2.24) is 15.1 Å². The van der Waals surface area contributed by atoms with Crippen LogP contribution in [-0.4, -0.2) is 28.2 Å². The second-order valence-electron chi connectivity index (χ2n) is 4.05. The van der Waals surface area contributed by atoms with E-state index in [1.807, 2.05) is 18.7 Å². The van der Waals surface area contributed by atoms with Gasteiger partial charge in [-0.1, -0.05) is 11.6 Å². The van der Waals surface area contributed by atoms with Crippen molar-refractivity contribution in [1.29, 1.82) is 0 Å². The number of rotatable bonds is 2. The third kappa shape index (κ3) is 2.61. The second-order valence-corrected chi connectivity index (χ2v) is 4.61. The largest absolute Gasteiger partial charge is 0.311 e. The van der Waals surface area contributed by atoms with Gasteiger partial charge >= 0.3 is 0 Å². The summed E-state index contributed by atoms with van der Waals surface area (Å²) in [4.78, 5) is 0. The fourth-order valence-corrected chi connectivity index (χ4v) is 2.22. The summed E-state index contributed by atoms with van der Waals surface area (Å²) in [5.74, 6) is 0. The first-order chi connectivity index (χ1) is 7.15. The molecule has 4 heteroatoms. The molecule has 1 aliphatic rings. The number of alkyl halides is 1. The zero-order chi connectivity index (χ0) is 10.8. The van der Waals surface area contributed by atoms with E-state index < -0.39 is 0 Å². The molecule has 1 aromatic rings. The summed E-state index contributed by atoms with van der Waals surface area (Å²) in [6, 6.07) is 2.12. The Morgan fingerprint density at radius 3 is 3.07 bits per heavy atom. The minimum absolute atomic E-state index is 0.128. The van der Waals surface area contributed by atoms with E-state index in [1.54, 1.807) is 0 Å². The molecule has 0 fully saturated rings. The minimum Gasteiger partial charge on any atom is -0.311 e. The second kappa shape index (κ2) is 4.37. The van der Waals surface area contributed by atoms with Crippen LogP contribution in [0.3, 0.4) is 0 Å². The Labute approximate surface area is 95.1 Å². The topological polar surface area (TPSA) is 29.9 Å². The number of halogens is 1. The molecule has 0 saturated heterocycles. The highest BCUT2D eigenvalue weighted by atomic mass is 35.5. The van der Waals surface area contributed by atoms with E-state index in [0.717, 1.165) is 25.2 Å². The molecule has 0 bridgehead atoms. The van der Waals surface area contributed by atoms with E-state index in [-0.39, 0.29) is 5.38 Å². The fourth-order valence-electron chi connectivity index (χ4n) is 1.93. The number of hydrogen-bond acceptors (Lipinski definition) is 2. The molecule has 1 aromatic heterocycles. The van der Waals surface area contributed by atoms with Gasteiger partial charge in [0.25, 0.3) is 0 Å². The normalized spacial score (nSPS) is 21.5. The lowest BCUT2D eigenvalue weighted by atomic mass is 10.1. The predicted octanol–water partition coefficient (Wildman–Crippen LogP) is 1.41. The smallest absolute Gasteiger partial charge is 0.0643 e. The Morgan fingerprint density at radius 2 is 2.47 bits per heavy atom. The van der Waals surface area contributed by atoms with Crippen LogP contribution in [0.4, 0.5) is 0 Å². The van der Waals surface area contributed by atoms with Gasteiger partial charge in [0, 0.05) is 32.3 Å². The van der Waals surface area contributed by atoms with Crippen molar-refractivity contribution in [3.8, 4) is 0 Å². The molecule has 3 nitrogen and oxygen atoms in total. The highest BCUT2D eigenvalue weighted by molar-refractivity contribution is 6.22. The van der Waals surface area contributed by atoms with Gasteiger partial charge in [0.15, 0.2) is 0 Å². The van der Waals surface area contributed by atoms with Crippen molar-refractivity contribution in [3.63, 3.8) is 0 Å². The third-order valence-corrected chi connectivity index (χ3v) is 2.90. The summed E-state index contributed by atoms with van der Waals surface area (Å²) in [5, 5.41) is 7.76. The number of hydrogen-bond donors (Lipinski definition) is 1. The Hall–Kier alpha value is -0.800. The van der Waals surface area contributed by atoms with Crippen molar-refractivity contribution < 1.29 is 0 Å². The first-order valence-electron chi connectivity index (χ1n) is 5.19. The van der Waals surface area contributed by atoms with Gasteiger partial charge in [-0.15, -0.1) is 11.6 Å². The van der Waals surface area contributed by atoms with E-state index in [4.69, 9.17) is 11.6 Å². The van der Waals surface area contributed by atoms with Gasteiger partial charge in [-0.3, -0.25) is 4.68 Å². The Kier molecular flexibility index (Phi) is 3.12. The zero-order valence-corrected chi connectivity index (χ0v) is 9.88. The Balaban J connectivity index is 2.11. The van der Waals surface area contributed by atoms with Crippen molar-refractivity contribution >= 4 is 11.6 Å². The lowest BCUT2D eigenvalue weighted by Crippen LogP contribution is -2.30. The summed E-state index contributed by atoms with van der Waals surface area (Å²) >= 11 is 6.06. The number of nitrogens with one attached hydrogen (secondary N) is 1. The molecule has 1 aliphatic heterocycles. The molecule has 0 amide bonds. The molecule has 0 aliphatic carbocycles. The van der Waals surface area contributed by atoms with Crippen LogP contribution in [0.1, 0.15) is 11.4 Å². The Morgan fingerprint density at radius 1 is 1.67 bits per heavy atom. The van der Waals surface area contributed by atoms with Gasteiger partial charge in [0.2, 0.25) is 0 Å². The number of aryl methyl sites for hydroxylation is 2. The average Bonchev–Trinajstić information content (AvgIpc) is 2.45. The standard InChI is InChI=1S/C11H16ClN3/c1-8-3-11(15(2)14-8)5-9-4-10(12)7-13-6-9/h3-4,10,13H,5-7H2,1-2H3. The van der Waals surface area contributed by atoms with Crippen molar-refractivity contribution in [2.75, 3.05) is 13.1 Å². The molecule has 15 heavy (non-hydrogen) atoms. The van der Waals surface area contributed by atoms with Crippen LogP contribution in [0.5, 0.6) is 0 Å². The summed E-state index contributed by atoms with van der Waals surface area (Å²) in [6.07, 6.45) is 3.09. The van der Waals surface area contributed by atoms with Gasteiger partial charge < -0.3 is 5.32 Å². The number of aromatic nitrogens is 2. The van der Waals surface area contributed by atoms with Crippen LogP contribution in [-0.2, 0) is 13.5 Å². The molecular weight excluding hydrogens is 210 g/mol. The number of nitrogens with zero attached hydrogens (tertiary/aromatic N) is 2. The molecule has 2 rings (SSSR count). The van der Waals surface area contributed by atoms with Crippen LogP contribution in [0, 0.1) is 6.92 Å². The van der Waals surface area contributed by atoms with Gasteiger partial charge in [-0.25, -0.2) is 0 Å². The predicted molar refractivity (Wildman–Crippen MR) is 62.2 cm³/mol. The van der Waals surface area contributed by atoms with Crippen LogP contribution in [0.25, 0.3) is 0 Å². The van der Waals surface area contributed by atoms with Crippen LogP contribution in [0.15, 0.2) is 17.7 Å². The van der Waals surface area contributed by atoms with Crippen LogP contribution < -0.4 is 5.32 Å². The summed E-state index contributed by atoms with van der Waals surface area (Å²) in [7, 11) is 1.98. The van der Waals surface area contributed by atoms with Crippen LogP contribution in [0.2, 0.25) is 0 Å². The maximum Gasteiger partial charge on any atom is 0.0643 e. The first-order valence-corrected chi connectivity index (χ1v) is 5.62. The summed E-state index contributed by atoms with van der Waals surface area (Å²) in [6.45, 7) is 3.82. The molecule has 0 saturated carbocycles. The first kappa shape index (κ1) is 10.7. The maximum absolute atomic E-state index is 6.06. The van der Waals surface area contributed by atoms with Crippen LogP contribution >= 0.6 is 11.6 Å². The zero-order valence-electron chi connectivity index (χ0n) is 9.13. The molecule has 1 unspecified atom stereocenters. The highest BCUT2D eigenvalue weighted by Gasteiger charge is 2.12.